The predicted molar refractivity (Wildman–Crippen MR) is 88.9 cm³/mol. The summed E-state index contributed by atoms with van der Waals surface area (Å²) in [5.41, 5.74) is 7.81. The summed E-state index contributed by atoms with van der Waals surface area (Å²) in [5, 5.41) is 0. The third kappa shape index (κ3) is 6.58. The van der Waals surface area contributed by atoms with Crippen LogP contribution in [0.15, 0.2) is 18.2 Å². The van der Waals surface area contributed by atoms with Crippen LogP contribution in [0, 0.1) is 12.7 Å². The van der Waals surface area contributed by atoms with E-state index in [2.05, 4.69) is 18.7 Å². The van der Waals surface area contributed by atoms with E-state index in [9.17, 15) is 4.39 Å². The van der Waals surface area contributed by atoms with E-state index < -0.39 is 0 Å². The van der Waals surface area contributed by atoms with Crippen LogP contribution in [0.4, 0.5) is 4.39 Å². The number of hydrogen-bond donors (Lipinski definition) is 1. The van der Waals surface area contributed by atoms with Crippen molar-refractivity contribution in [3.05, 3.63) is 35.1 Å². The van der Waals surface area contributed by atoms with Gasteiger partial charge in [-0.15, -0.1) is 0 Å². The minimum Gasteiger partial charge on any atom is -0.324 e. The highest BCUT2D eigenvalue weighted by atomic mass is 19.1. The van der Waals surface area contributed by atoms with E-state index in [-0.39, 0.29) is 11.9 Å². The average Bonchev–Trinajstić information content (AvgIpc) is 2.49. The van der Waals surface area contributed by atoms with E-state index in [4.69, 9.17) is 5.73 Å². The fourth-order valence-corrected chi connectivity index (χ4v) is 2.43. The van der Waals surface area contributed by atoms with Gasteiger partial charge < -0.3 is 10.6 Å². The van der Waals surface area contributed by atoms with E-state index in [1.54, 1.807) is 13.0 Å². The summed E-state index contributed by atoms with van der Waals surface area (Å²) in [6.45, 7) is 9.51. The molecule has 1 aromatic carbocycles. The summed E-state index contributed by atoms with van der Waals surface area (Å²) >= 11 is 0. The molecule has 0 fully saturated rings. The first kappa shape index (κ1) is 18.1. The third-order valence-electron chi connectivity index (χ3n) is 4.04. The van der Waals surface area contributed by atoms with Gasteiger partial charge in [-0.05, 0) is 63.0 Å². The summed E-state index contributed by atoms with van der Waals surface area (Å²) in [6.07, 6.45) is 5.79. The Kier molecular flexibility index (Phi) is 8.55. The van der Waals surface area contributed by atoms with Gasteiger partial charge in [0.2, 0.25) is 0 Å². The summed E-state index contributed by atoms with van der Waals surface area (Å²) in [7, 11) is 0. The van der Waals surface area contributed by atoms with Crippen molar-refractivity contribution in [2.75, 3.05) is 19.6 Å². The van der Waals surface area contributed by atoms with Crippen molar-refractivity contribution in [1.29, 1.82) is 0 Å². The van der Waals surface area contributed by atoms with Crippen LogP contribution >= 0.6 is 0 Å². The second kappa shape index (κ2) is 9.91. The Morgan fingerprint density at radius 3 is 2.24 bits per heavy atom. The summed E-state index contributed by atoms with van der Waals surface area (Å²) in [5.74, 6) is -0.156. The molecule has 120 valence electrons. The normalized spacial score (nSPS) is 12.9. The molecule has 1 unspecified atom stereocenters. The first-order valence-electron chi connectivity index (χ1n) is 8.32. The predicted octanol–water partition coefficient (Wildman–Crippen LogP) is 4.43. The molecule has 0 spiro atoms. The lowest BCUT2D eigenvalue weighted by Gasteiger charge is -2.24. The molecule has 2 N–H and O–H groups in total. The zero-order chi connectivity index (χ0) is 15.7. The highest BCUT2D eigenvalue weighted by molar-refractivity contribution is 5.25. The molecule has 2 nitrogen and oxygen atoms in total. The van der Waals surface area contributed by atoms with Crippen molar-refractivity contribution in [3.63, 3.8) is 0 Å². The average molecular weight is 294 g/mol. The molecule has 1 atom stereocenters. The van der Waals surface area contributed by atoms with Gasteiger partial charge in [0, 0.05) is 6.04 Å². The number of benzene rings is 1. The smallest absolute Gasteiger partial charge is 0.126 e. The van der Waals surface area contributed by atoms with Crippen molar-refractivity contribution < 1.29 is 4.39 Å². The van der Waals surface area contributed by atoms with Crippen molar-refractivity contribution in [2.24, 2.45) is 5.73 Å². The largest absolute Gasteiger partial charge is 0.324 e. The summed E-state index contributed by atoms with van der Waals surface area (Å²) in [6, 6.07) is 5.27. The molecule has 0 aliphatic heterocycles. The zero-order valence-electron chi connectivity index (χ0n) is 13.9. The van der Waals surface area contributed by atoms with Crippen LogP contribution in [0.25, 0.3) is 0 Å². The summed E-state index contributed by atoms with van der Waals surface area (Å²) < 4.78 is 13.6. The Morgan fingerprint density at radius 2 is 1.71 bits per heavy atom. The first-order chi connectivity index (χ1) is 10.1. The van der Waals surface area contributed by atoms with Gasteiger partial charge in [0.25, 0.3) is 0 Å². The molecule has 0 aromatic heterocycles. The maximum Gasteiger partial charge on any atom is 0.126 e. The van der Waals surface area contributed by atoms with Crippen molar-refractivity contribution in [2.45, 2.75) is 58.9 Å². The molecule has 0 saturated carbocycles. The lowest BCUT2D eigenvalue weighted by atomic mass is 10.0. The van der Waals surface area contributed by atoms with Gasteiger partial charge in [-0.2, -0.15) is 0 Å². The zero-order valence-corrected chi connectivity index (χ0v) is 13.9. The molecule has 3 heteroatoms. The van der Waals surface area contributed by atoms with Crippen molar-refractivity contribution in [1.82, 2.24) is 4.90 Å². The molecule has 0 aliphatic carbocycles. The van der Waals surface area contributed by atoms with Crippen LogP contribution in [0.2, 0.25) is 0 Å². The Bertz CT molecular complexity index is 398. The molecule has 0 bridgehead atoms. The van der Waals surface area contributed by atoms with E-state index in [0.717, 1.165) is 31.6 Å². The molecular formula is C18H31FN2. The Hall–Kier alpha value is -0.930. The number of halogens is 1. The number of nitrogens with zero attached hydrogens (tertiary/aromatic N) is 1. The lowest BCUT2D eigenvalue weighted by molar-refractivity contribution is 0.255. The second-order valence-corrected chi connectivity index (χ2v) is 5.95. The minimum atomic E-state index is -0.156. The van der Waals surface area contributed by atoms with Gasteiger partial charge in [0.1, 0.15) is 5.82 Å². The van der Waals surface area contributed by atoms with Crippen molar-refractivity contribution >= 4 is 0 Å². The maximum absolute atomic E-state index is 13.6. The molecular weight excluding hydrogens is 263 g/mol. The van der Waals surface area contributed by atoms with Gasteiger partial charge in [0.05, 0.1) is 0 Å². The third-order valence-corrected chi connectivity index (χ3v) is 4.04. The quantitative estimate of drug-likeness (QED) is 0.692. The first-order valence-corrected chi connectivity index (χ1v) is 8.32. The van der Waals surface area contributed by atoms with Crippen LogP contribution in [-0.2, 0) is 0 Å². The molecule has 0 amide bonds. The summed E-state index contributed by atoms with van der Waals surface area (Å²) in [4.78, 5) is 2.50. The lowest BCUT2D eigenvalue weighted by Crippen LogP contribution is -2.29. The molecule has 0 aliphatic rings. The number of unbranched alkanes of at least 4 members (excludes halogenated alkanes) is 2. The van der Waals surface area contributed by atoms with Crippen molar-refractivity contribution in [3.8, 4) is 0 Å². The topological polar surface area (TPSA) is 29.3 Å². The van der Waals surface area contributed by atoms with Gasteiger partial charge in [-0.1, -0.05) is 38.8 Å². The van der Waals surface area contributed by atoms with Crippen LogP contribution < -0.4 is 5.73 Å². The van der Waals surface area contributed by atoms with E-state index in [1.807, 2.05) is 12.1 Å². The Balaban J connectivity index is 2.50. The number of hydrogen-bond acceptors (Lipinski definition) is 2. The minimum absolute atomic E-state index is 0.0779. The van der Waals surface area contributed by atoms with Crippen LogP contribution in [-0.4, -0.2) is 24.5 Å². The fourth-order valence-electron chi connectivity index (χ4n) is 2.43. The van der Waals surface area contributed by atoms with Crippen LogP contribution in [0.3, 0.4) is 0 Å². The molecule has 0 radical (unpaired) electrons. The standard InChI is InChI=1S/C18H31FN2/c1-4-6-11-21(12-7-5-2)13-10-18(20)16-9-8-15(3)17(19)14-16/h8-9,14,18H,4-7,10-13,20H2,1-3H3. The van der Waals surface area contributed by atoms with Gasteiger partial charge >= 0.3 is 0 Å². The number of rotatable bonds is 10. The highest BCUT2D eigenvalue weighted by Crippen LogP contribution is 2.18. The Labute approximate surface area is 129 Å². The Morgan fingerprint density at radius 1 is 1.10 bits per heavy atom. The van der Waals surface area contributed by atoms with Gasteiger partial charge in [0.15, 0.2) is 0 Å². The van der Waals surface area contributed by atoms with E-state index in [1.165, 1.54) is 25.7 Å². The van der Waals surface area contributed by atoms with Crippen LogP contribution in [0.1, 0.15) is 63.1 Å². The van der Waals surface area contributed by atoms with Gasteiger partial charge in [-0.25, -0.2) is 4.39 Å². The molecule has 21 heavy (non-hydrogen) atoms. The number of nitrogens with two attached hydrogens (primary N) is 1. The molecule has 1 rings (SSSR count). The van der Waals surface area contributed by atoms with E-state index in [0.29, 0.717) is 5.56 Å². The van der Waals surface area contributed by atoms with Gasteiger partial charge in [-0.3, -0.25) is 0 Å². The second-order valence-electron chi connectivity index (χ2n) is 5.95. The molecule has 1 aromatic rings. The highest BCUT2D eigenvalue weighted by Gasteiger charge is 2.11. The molecule has 0 heterocycles. The fraction of sp³-hybridized carbons (Fsp3) is 0.667. The maximum atomic E-state index is 13.6. The van der Waals surface area contributed by atoms with E-state index >= 15 is 0 Å². The molecule has 0 saturated heterocycles. The monoisotopic (exact) mass is 294 g/mol. The SMILES string of the molecule is CCCCN(CCCC)CCC(N)c1ccc(C)c(F)c1. The van der Waals surface area contributed by atoms with Crippen LogP contribution in [0.5, 0.6) is 0 Å². The number of aryl methyl sites for hydroxylation is 1.